The van der Waals surface area contributed by atoms with Crippen LogP contribution in [0.2, 0.25) is 5.02 Å². The molecule has 3 N–H and O–H groups in total. The van der Waals surface area contributed by atoms with Crippen molar-refractivity contribution in [2.45, 2.75) is 4.90 Å². The summed E-state index contributed by atoms with van der Waals surface area (Å²) in [5.74, 6) is -1.74. The molecular weight excluding hydrogens is 390 g/mol. The molecule has 0 fully saturated rings. The standard InChI is InChI=1S/C12H8BrClF2N2O2S/c13-7-4-10(16)11(5-9(7)15)18-21(19,20)12-2-1-6(17)3-8(12)14/h1-5,18H,17H2. The Kier molecular flexibility index (Phi) is 4.40. The minimum absolute atomic E-state index is 0.117. The number of sulfonamides is 1. The lowest BCUT2D eigenvalue weighted by atomic mass is 10.3. The molecule has 0 aromatic heterocycles. The summed E-state index contributed by atoms with van der Waals surface area (Å²) < 4.78 is 53.2. The quantitative estimate of drug-likeness (QED) is 0.612. The van der Waals surface area contributed by atoms with E-state index in [1.165, 1.54) is 18.2 Å². The molecule has 0 spiro atoms. The average molecular weight is 398 g/mol. The van der Waals surface area contributed by atoms with E-state index in [0.717, 1.165) is 12.1 Å². The summed E-state index contributed by atoms with van der Waals surface area (Å²) in [4.78, 5) is -0.291. The molecule has 2 aromatic rings. The summed E-state index contributed by atoms with van der Waals surface area (Å²) in [6.07, 6.45) is 0. The van der Waals surface area contributed by atoms with Gasteiger partial charge in [-0.3, -0.25) is 4.72 Å². The molecule has 0 heterocycles. The molecular formula is C12H8BrClF2N2O2S. The van der Waals surface area contributed by atoms with Crippen molar-refractivity contribution in [3.8, 4) is 0 Å². The van der Waals surface area contributed by atoms with E-state index in [4.69, 9.17) is 17.3 Å². The van der Waals surface area contributed by atoms with Gasteiger partial charge in [0.1, 0.15) is 16.5 Å². The van der Waals surface area contributed by atoms with Crippen LogP contribution in [-0.2, 0) is 10.0 Å². The Labute approximate surface area is 133 Å². The fourth-order valence-electron chi connectivity index (χ4n) is 1.54. The zero-order chi connectivity index (χ0) is 15.8. The van der Waals surface area contributed by atoms with Gasteiger partial charge in [-0.1, -0.05) is 11.6 Å². The van der Waals surface area contributed by atoms with Gasteiger partial charge in [0.05, 0.1) is 15.2 Å². The first-order valence-electron chi connectivity index (χ1n) is 5.43. The Bertz CT molecular complexity index is 815. The van der Waals surface area contributed by atoms with Crippen molar-refractivity contribution in [1.82, 2.24) is 0 Å². The van der Waals surface area contributed by atoms with Crippen LogP contribution in [0.15, 0.2) is 39.7 Å². The van der Waals surface area contributed by atoms with Gasteiger partial charge in [0.25, 0.3) is 10.0 Å². The molecule has 21 heavy (non-hydrogen) atoms. The van der Waals surface area contributed by atoms with E-state index in [-0.39, 0.29) is 20.1 Å². The monoisotopic (exact) mass is 396 g/mol. The maximum absolute atomic E-state index is 13.7. The number of anilines is 2. The molecule has 0 bridgehead atoms. The highest BCUT2D eigenvalue weighted by Gasteiger charge is 2.20. The number of nitrogen functional groups attached to an aromatic ring is 1. The first-order chi connectivity index (χ1) is 9.70. The number of hydrogen-bond acceptors (Lipinski definition) is 3. The number of rotatable bonds is 3. The number of nitrogens with two attached hydrogens (primary N) is 1. The van der Waals surface area contributed by atoms with Crippen LogP contribution in [0, 0.1) is 11.6 Å². The van der Waals surface area contributed by atoms with Gasteiger partial charge >= 0.3 is 0 Å². The molecule has 0 atom stereocenters. The topological polar surface area (TPSA) is 72.2 Å². The molecule has 0 saturated carbocycles. The molecule has 0 unspecified atom stereocenters. The second-order valence-electron chi connectivity index (χ2n) is 4.04. The molecule has 2 aromatic carbocycles. The van der Waals surface area contributed by atoms with Crippen LogP contribution in [0.3, 0.4) is 0 Å². The SMILES string of the molecule is Nc1ccc(S(=O)(=O)Nc2cc(F)c(Br)cc2F)c(Cl)c1. The Hall–Kier alpha value is -1.38. The van der Waals surface area contributed by atoms with E-state index in [0.29, 0.717) is 0 Å². The molecule has 0 amide bonds. The fraction of sp³-hybridized carbons (Fsp3) is 0. The van der Waals surface area contributed by atoms with E-state index in [1.54, 1.807) is 0 Å². The molecule has 0 aliphatic rings. The fourth-order valence-corrected chi connectivity index (χ4v) is 3.46. The Morgan fingerprint density at radius 3 is 2.43 bits per heavy atom. The molecule has 9 heteroatoms. The van der Waals surface area contributed by atoms with E-state index in [1.807, 2.05) is 4.72 Å². The highest BCUT2D eigenvalue weighted by Crippen LogP contribution is 2.28. The van der Waals surface area contributed by atoms with Gasteiger partial charge in [-0.15, -0.1) is 0 Å². The van der Waals surface area contributed by atoms with Crippen molar-refractivity contribution in [3.63, 3.8) is 0 Å². The lowest BCUT2D eigenvalue weighted by Crippen LogP contribution is -2.15. The summed E-state index contributed by atoms with van der Waals surface area (Å²) in [6.45, 7) is 0. The molecule has 0 radical (unpaired) electrons. The van der Waals surface area contributed by atoms with Crippen molar-refractivity contribution in [2.75, 3.05) is 10.5 Å². The minimum atomic E-state index is -4.17. The van der Waals surface area contributed by atoms with Crippen LogP contribution in [0.4, 0.5) is 20.2 Å². The molecule has 0 aliphatic carbocycles. The highest BCUT2D eigenvalue weighted by atomic mass is 79.9. The van der Waals surface area contributed by atoms with E-state index in [2.05, 4.69) is 15.9 Å². The number of nitrogens with one attached hydrogen (secondary N) is 1. The van der Waals surface area contributed by atoms with Crippen molar-refractivity contribution in [2.24, 2.45) is 0 Å². The minimum Gasteiger partial charge on any atom is -0.399 e. The number of hydrogen-bond donors (Lipinski definition) is 2. The van der Waals surface area contributed by atoms with Crippen molar-refractivity contribution < 1.29 is 17.2 Å². The maximum atomic E-state index is 13.7. The van der Waals surface area contributed by atoms with Gasteiger partial charge in [-0.05, 0) is 40.2 Å². The molecule has 4 nitrogen and oxygen atoms in total. The smallest absolute Gasteiger partial charge is 0.263 e. The zero-order valence-electron chi connectivity index (χ0n) is 10.2. The Balaban J connectivity index is 2.45. The second-order valence-corrected chi connectivity index (χ2v) is 6.95. The predicted octanol–water partition coefficient (Wildman–Crippen LogP) is 3.76. The van der Waals surface area contributed by atoms with Gasteiger partial charge in [-0.2, -0.15) is 0 Å². The molecule has 112 valence electrons. The summed E-state index contributed by atoms with van der Waals surface area (Å²) in [5.41, 5.74) is 5.22. The van der Waals surface area contributed by atoms with E-state index >= 15 is 0 Å². The van der Waals surface area contributed by atoms with Crippen LogP contribution in [-0.4, -0.2) is 8.42 Å². The third-order valence-electron chi connectivity index (χ3n) is 2.50. The zero-order valence-corrected chi connectivity index (χ0v) is 13.4. The Morgan fingerprint density at radius 1 is 1.14 bits per heavy atom. The van der Waals surface area contributed by atoms with Gasteiger partial charge in [0.2, 0.25) is 0 Å². The van der Waals surface area contributed by atoms with Gasteiger partial charge in [-0.25, -0.2) is 17.2 Å². The predicted molar refractivity (Wildman–Crippen MR) is 80.7 cm³/mol. The third kappa shape index (κ3) is 3.45. The van der Waals surface area contributed by atoms with Crippen LogP contribution < -0.4 is 10.5 Å². The summed E-state index contributed by atoms with van der Waals surface area (Å²) in [6, 6.07) is 5.29. The van der Waals surface area contributed by atoms with Crippen LogP contribution in [0.1, 0.15) is 0 Å². The van der Waals surface area contributed by atoms with Crippen LogP contribution in [0.25, 0.3) is 0 Å². The number of benzene rings is 2. The summed E-state index contributed by atoms with van der Waals surface area (Å²) in [5, 5.41) is -0.125. The van der Waals surface area contributed by atoms with Crippen molar-refractivity contribution >= 4 is 48.9 Å². The van der Waals surface area contributed by atoms with Gasteiger partial charge < -0.3 is 5.73 Å². The lowest BCUT2D eigenvalue weighted by Gasteiger charge is -2.11. The maximum Gasteiger partial charge on any atom is 0.263 e. The van der Waals surface area contributed by atoms with E-state index < -0.39 is 27.3 Å². The van der Waals surface area contributed by atoms with Gasteiger partial charge in [0, 0.05) is 11.8 Å². The normalized spacial score (nSPS) is 11.4. The molecule has 0 aliphatic heterocycles. The van der Waals surface area contributed by atoms with Crippen LogP contribution in [0.5, 0.6) is 0 Å². The Morgan fingerprint density at radius 2 is 1.81 bits per heavy atom. The molecule has 2 rings (SSSR count). The first-order valence-corrected chi connectivity index (χ1v) is 8.08. The highest BCUT2D eigenvalue weighted by molar-refractivity contribution is 9.10. The first kappa shape index (κ1) is 16.0. The van der Waals surface area contributed by atoms with Crippen molar-refractivity contribution in [1.29, 1.82) is 0 Å². The largest absolute Gasteiger partial charge is 0.399 e. The summed E-state index contributed by atoms with van der Waals surface area (Å²) in [7, 11) is -4.17. The lowest BCUT2D eigenvalue weighted by molar-refractivity contribution is 0.592. The molecule has 0 saturated heterocycles. The van der Waals surface area contributed by atoms with Crippen LogP contribution >= 0.6 is 27.5 Å². The number of halogens is 4. The van der Waals surface area contributed by atoms with Gasteiger partial charge in [0.15, 0.2) is 0 Å². The average Bonchev–Trinajstić information content (AvgIpc) is 2.35. The summed E-state index contributed by atoms with van der Waals surface area (Å²) >= 11 is 8.60. The van der Waals surface area contributed by atoms with E-state index in [9.17, 15) is 17.2 Å². The third-order valence-corrected chi connectivity index (χ3v) is 4.96. The van der Waals surface area contributed by atoms with Crippen molar-refractivity contribution in [3.05, 3.63) is 51.5 Å². The second kappa shape index (κ2) is 5.78.